The number of nitro groups is 1. The van der Waals surface area contributed by atoms with Gasteiger partial charge in [-0.2, -0.15) is 0 Å². The molecule has 1 heterocycles. The van der Waals surface area contributed by atoms with Crippen molar-refractivity contribution in [2.24, 2.45) is 0 Å². The van der Waals surface area contributed by atoms with Crippen LogP contribution in [0, 0.1) is 22.9 Å². The SMILES string of the molecule is Cc1cccnc1NC(=O)c1cc(N)c(F)cc1[N+](=O)[O-]. The highest BCUT2D eigenvalue weighted by atomic mass is 19.1. The largest absolute Gasteiger partial charge is 0.396 e. The number of aromatic nitrogens is 1. The maximum atomic E-state index is 13.3. The molecule has 0 fully saturated rings. The monoisotopic (exact) mass is 290 g/mol. The van der Waals surface area contributed by atoms with Crippen LogP contribution < -0.4 is 11.1 Å². The molecule has 3 N–H and O–H groups in total. The van der Waals surface area contributed by atoms with Gasteiger partial charge in [-0.05, 0) is 24.6 Å². The van der Waals surface area contributed by atoms with E-state index in [1.54, 1.807) is 19.1 Å². The van der Waals surface area contributed by atoms with Crippen LogP contribution >= 0.6 is 0 Å². The topological polar surface area (TPSA) is 111 Å². The molecule has 2 aromatic rings. The van der Waals surface area contributed by atoms with Crippen molar-refractivity contribution >= 4 is 23.1 Å². The van der Waals surface area contributed by atoms with Crippen molar-refractivity contribution in [2.75, 3.05) is 11.1 Å². The molecule has 2 rings (SSSR count). The molecule has 1 aromatic carbocycles. The summed E-state index contributed by atoms with van der Waals surface area (Å²) >= 11 is 0. The van der Waals surface area contributed by atoms with Crippen LogP contribution in [-0.2, 0) is 0 Å². The van der Waals surface area contributed by atoms with E-state index in [0.717, 1.165) is 6.07 Å². The van der Waals surface area contributed by atoms with Gasteiger partial charge in [0.15, 0.2) is 5.82 Å². The third-order valence-electron chi connectivity index (χ3n) is 2.80. The number of carbonyl (C=O) groups excluding carboxylic acids is 1. The predicted octanol–water partition coefficient (Wildman–Crippen LogP) is 2.27. The van der Waals surface area contributed by atoms with E-state index in [0.29, 0.717) is 11.6 Å². The van der Waals surface area contributed by atoms with Crippen molar-refractivity contribution in [3.8, 4) is 0 Å². The number of halogens is 1. The zero-order chi connectivity index (χ0) is 15.6. The fourth-order valence-electron chi connectivity index (χ4n) is 1.70. The minimum absolute atomic E-state index is 0.264. The number of amides is 1. The van der Waals surface area contributed by atoms with Crippen molar-refractivity contribution in [2.45, 2.75) is 6.92 Å². The van der Waals surface area contributed by atoms with E-state index in [9.17, 15) is 19.3 Å². The molecule has 0 aliphatic rings. The molecule has 7 nitrogen and oxygen atoms in total. The van der Waals surface area contributed by atoms with E-state index in [-0.39, 0.29) is 17.1 Å². The number of aryl methyl sites for hydroxylation is 1. The number of anilines is 2. The Kier molecular flexibility index (Phi) is 3.79. The van der Waals surface area contributed by atoms with Crippen LogP contribution in [0.1, 0.15) is 15.9 Å². The molecule has 0 atom stereocenters. The molecule has 0 aliphatic carbocycles. The average Bonchev–Trinajstić information content (AvgIpc) is 2.43. The van der Waals surface area contributed by atoms with Crippen LogP contribution in [0.15, 0.2) is 30.5 Å². The van der Waals surface area contributed by atoms with Gasteiger partial charge in [-0.1, -0.05) is 6.07 Å². The van der Waals surface area contributed by atoms with Crippen molar-refractivity contribution in [3.05, 3.63) is 57.5 Å². The van der Waals surface area contributed by atoms with Gasteiger partial charge in [-0.15, -0.1) is 0 Å². The second-order valence-corrected chi connectivity index (χ2v) is 4.27. The normalized spacial score (nSPS) is 10.2. The number of hydrogen-bond acceptors (Lipinski definition) is 5. The fourth-order valence-corrected chi connectivity index (χ4v) is 1.70. The van der Waals surface area contributed by atoms with Gasteiger partial charge in [0.2, 0.25) is 0 Å². The van der Waals surface area contributed by atoms with Crippen molar-refractivity contribution in [3.63, 3.8) is 0 Å². The summed E-state index contributed by atoms with van der Waals surface area (Å²) in [7, 11) is 0. The Bertz CT molecular complexity index is 733. The Balaban J connectivity index is 2.42. The van der Waals surface area contributed by atoms with E-state index in [1.165, 1.54) is 6.20 Å². The first-order valence-corrected chi connectivity index (χ1v) is 5.86. The quantitative estimate of drug-likeness (QED) is 0.511. The summed E-state index contributed by atoms with van der Waals surface area (Å²) in [5.74, 6) is -1.47. The molecule has 1 amide bonds. The van der Waals surface area contributed by atoms with E-state index in [2.05, 4.69) is 10.3 Å². The first-order valence-electron chi connectivity index (χ1n) is 5.86. The second-order valence-electron chi connectivity index (χ2n) is 4.27. The summed E-state index contributed by atoms with van der Waals surface area (Å²) in [6, 6.07) is 4.95. The number of pyridine rings is 1. The van der Waals surface area contributed by atoms with Crippen molar-refractivity contribution in [1.82, 2.24) is 4.98 Å². The lowest BCUT2D eigenvalue weighted by molar-refractivity contribution is -0.385. The Labute approximate surface area is 118 Å². The number of nitrogen functional groups attached to an aromatic ring is 1. The highest BCUT2D eigenvalue weighted by Crippen LogP contribution is 2.25. The van der Waals surface area contributed by atoms with Crippen molar-refractivity contribution in [1.29, 1.82) is 0 Å². The molecule has 0 saturated heterocycles. The average molecular weight is 290 g/mol. The minimum atomic E-state index is -0.952. The summed E-state index contributed by atoms with van der Waals surface area (Å²) in [6.45, 7) is 1.72. The minimum Gasteiger partial charge on any atom is -0.396 e. The van der Waals surface area contributed by atoms with Crippen LogP contribution in [0.25, 0.3) is 0 Å². The zero-order valence-electron chi connectivity index (χ0n) is 11.0. The van der Waals surface area contributed by atoms with Gasteiger partial charge in [-0.3, -0.25) is 14.9 Å². The number of hydrogen-bond donors (Lipinski definition) is 2. The number of nitro benzene ring substituents is 1. The molecule has 1 aromatic heterocycles. The first kappa shape index (κ1) is 14.4. The summed E-state index contributed by atoms with van der Waals surface area (Å²) in [5.41, 5.74) is 4.71. The number of nitrogens with two attached hydrogens (primary N) is 1. The number of nitrogens with one attached hydrogen (secondary N) is 1. The van der Waals surface area contributed by atoms with Crippen LogP contribution in [-0.4, -0.2) is 15.8 Å². The molecule has 8 heteroatoms. The summed E-state index contributed by atoms with van der Waals surface area (Å²) in [5, 5.41) is 13.3. The number of nitrogens with zero attached hydrogens (tertiary/aromatic N) is 2. The lowest BCUT2D eigenvalue weighted by Gasteiger charge is -2.08. The molecule has 108 valence electrons. The summed E-state index contributed by atoms with van der Waals surface area (Å²) in [4.78, 5) is 26.1. The Morgan fingerprint density at radius 3 is 2.81 bits per heavy atom. The van der Waals surface area contributed by atoms with Crippen LogP contribution in [0.3, 0.4) is 0 Å². The smallest absolute Gasteiger partial charge is 0.285 e. The summed E-state index contributed by atoms with van der Waals surface area (Å²) in [6.07, 6.45) is 1.47. The molecule has 0 saturated carbocycles. The third-order valence-corrected chi connectivity index (χ3v) is 2.80. The molecular formula is C13H11FN4O3. The molecule has 21 heavy (non-hydrogen) atoms. The number of carbonyl (C=O) groups is 1. The molecule has 0 spiro atoms. The van der Waals surface area contributed by atoms with Gasteiger partial charge in [0.25, 0.3) is 11.6 Å². The van der Waals surface area contributed by atoms with Crippen LogP contribution in [0.4, 0.5) is 21.6 Å². The predicted molar refractivity (Wildman–Crippen MR) is 74.4 cm³/mol. The standard InChI is InChI=1S/C13H11FN4O3/c1-7-3-2-4-16-12(7)17-13(19)8-5-10(15)9(14)6-11(8)18(20)21/h2-6H,15H2,1H3,(H,16,17,19). The maximum absolute atomic E-state index is 13.3. The second kappa shape index (κ2) is 5.53. The number of rotatable bonds is 3. The Morgan fingerprint density at radius 2 is 2.19 bits per heavy atom. The Hall–Kier alpha value is -3.03. The lowest BCUT2D eigenvalue weighted by Crippen LogP contribution is -2.16. The molecule has 0 unspecified atom stereocenters. The van der Waals surface area contributed by atoms with Gasteiger partial charge in [0.1, 0.15) is 11.4 Å². The van der Waals surface area contributed by atoms with Gasteiger partial charge >= 0.3 is 0 Å². The molecule has 0 bridgehead atoms. The van der Waals surface area contributed by atoms with Gasteiger partial charge in [0, 0.05) is 6.20 Å². The maximum Gasteiger partial charge on any atom is 0.285 e. The van der Waals surface area contributed by atoms with E-state index < -0.39 is 22.3 Å². The van der Waals surface area contributed by atoms with E-state index in [4.69, 9.17) is 5.73 Å². The molecule has 0 aliphatic heterocycles. The lowest BCUT2D eigenvalue weighted by atomic mass is 10.1. The van der Waals surface area contributed by atoms with Crippen LogP contribution in [0.5, 0.6) is 0 Å². The van der Waals surface area contributed by atoms with Crippen LogP contribution in [0.2, 0.25) is 0 Å². The van der Waals surface area contributed by atoms with Crippen molar-refractivity contribution < 1.29 is 14.1 Å². The third kappa shape index (κ3) is 2.94. The van der Waals surface area contributed by atoms with Gasteiger partial charge in [-0.25, -0.2) is 9.37 Å². The first-order chi connectivity index (χ1) is 9.90. The van der Waals surface area contributed by atoms with E-state index in [1.807, 2.05) is 0 Å². The highest BCUT2D eigenvalue weighted by molar-refractivity contribution is 6.07. The van der Waals surface area contributed by atoms with E-state index >= 15 is 0 Å². The summed E-state index contributed by atoms with van der Waals surface area (Å²) < 4.78 is 13.3. The van der Waals surface area contributed by atoms with Gasteiger partial charge in [0.05, 0.1) is 16.7 Å². The molecule has 0 radical (unpaired) electrons. The zero-order valence-corrected chi connectivity index (χ0v) is 11.0. The molecular weight excluding hydrogens is 279 g/mol. The van der Waals surface area contributed by atoms with Gasteiger partial charge < -0.3 is 11.1 Å². The fraction of sp³-hybridized carbons (Fsp3) is 0.0769. The Morgan fingerprint density at radius 1 is 1.48 bits per heavy atom. The highest BCUT2D eigenvalue weighted by Gasteiger charge is 2.23. The number of benzene rings is 1.